The van der Waals surface area contributed by atoms with Crippen LogP contribution in [-0.4, -0.2) is 63.6 Å². The van der Waals surface area contributed by atoms with Gasteiger partial charge in [-0.1, -0.05) is 30.0 Å². The Hall–Kier alpha value is -5.40. The van der Waals surface area contributed by atoms with E-state index in [4.69, 9.17) is 18.9 Å². The monoisotopic (exact) mass is 690 g/mol. The van der Waals surface area contributed by atoms with Gasteiger partial charge in [0.2, 0.25) is 11.6 Å². The summed E-state index contributed by atoms with van der Waals surface area (Å²) in [5.41, 5.74) is 0.784. The lowest BCUT2D eigenvalue weighted by molar-refractivity contribution is 0.322. The summed E-state index contributed by atoms with van der Waals surface area (Å²) in [6.07, 6.45) is 7.51. The number of methoxy groups -OCH3 is 1. The Balaban J connectivity index is 1.52. The lowest BCUT2D eigenvalue weighted by Gasteiger charge is -2.17. The first-order valence-corrected chi connectivity index (χ1v) is 15.2. The molecule has 0 bridgehead atoms. The van der Waals surface area contributed by atoms with Crippen molar-refractivity contribution in [3.05, 3.63) is 83.5 Å². The van der Waals surface area contributed by atoms with Crippen LogP contribution in [0, 0.1) is 18.8 Å². The SMILES string of the molecule is COc1ccccc1Oc1c(NS(=O)(=O)c2ccc(C)cn2)nc(-c2ncccn2)nc1OCC#CCOc1ncc(Br)cn1. The first kappa shape index (κ1) is 31.0. The molecular weight excluding hydrogens is 668 g/mol. The molecule has 0 saturated carbocycles. The molecule has 1 N–H and O–H groups in total. The number of benzene rings is 1. The van der Waals surface area contributed by atoms with E-state index in [0.29, 0.717) is 10.2 Å². The Morgan fingerprint density at radius 2 is 1.53 bits per heavy atom. The second kappa shape index (κ2) is 14.4. The van der Waals surface area contributed by atoms with Crippen LogP contribution in [0.15, 0.2) is 82.9 Å². The minimum absolute atomic E-state index is 0.0168. The van der Waals surface area contributed by atoms with E-state index in [1.807, 2.05) is 0 Å². The summed E-state index contributed by atoms with van der Waals surface area (Å²) < 4.78 is 52.9. The minimum atomic E-state index is -4.26. The lowest BCUT2D eigenvalue weighted by atomic mass is 10.3. The van der Waals surface area contributed by atoms with Crippen molar-refractivity contribution in [2.45, 2.75) is 11.9 Å². The van der Waals surface area contributed by atoms with Gasteiger partial charge in [-0.2, -0.15) is 13.4 Å². The van der Waals surface area contributed by atoms with E-state index < -0.39 is 10.0 Å². The largest absolute Gasteiger partial charge is 0.493 e. The van der Waals surface area contributed by atoms with Crippen molar-refractivity contribution in [3.8, 4) is 52.6 Å². The highest BCUT2D eigenvalue weighted by Gasteiger charge is 2.26. The fraction of sp³-hybridized carbons (Fsp3) is 0.138. The smallest absolute Gasteiger partial charge is 0.317 e. The fourth-order valence-electron chi connectivity index (χ4n) is 3.49. The standard InChI is InChI=1S/C29H23BrN8O6S/c1-19-10-11-23(33-16-19)45(39,40)38-25-24(44-22-9-4-3-8-21(22)41-2)28(37-27(36-25)26-31-12-7-13-32-26)42-14-5-6-15-43-29-34-17-20(30)18-35-29/h3-4,7-13,16-18H,14-15H2,1-2H3,(H,36,37,38). The Morgan fingerprint density at radius 1 is 0.822 bits per heavy atom. The van der Waals surface area contributed by atoms with Crippen LogP contribution in [-0.2, 0) is 10.0 Å². The summed E-state index contributed by atoms with van der Waals surface area (Å²) >= 11 is 3.26. The molecule has 1 aromatic carbocycles. The molecule has 16 heteroatoms. The molecule has 0 spiro atoms. The molecule has 5 aromatic rings. The van der Waals surface area contributed by atoms with Crippen molar-refractivity contribution in [2.75, 3.05) is 25.0 Å². The number of ether oxygens (including phenoxy) is 4. The third-order valence-electron chi connectivity index (χ3n) is 5.55. The number of para-hydroxylation sites is 2. The van der Waals surface area contributed by atoms with E-state index >= 15 is 0 Å². The Labute approximate surface area is 266 Å². The topological polar surface area (TPSA) is 173 Å². The number of rotatable bonds is 11. The first-order chi connectivity index (χ1) is 21.8. The highest BCUT2D eigenvalue weighted by molar-refractivity contribution is 9.10. The quantitative estimate of drug-likeness (QED) is 0.195. The van der Waals surface area contributed by atoms with E-state index in [-0.39, 0.29) is 59.1 Å². The van der Waals surface area contributed by atoms with Crippen LogP contribution < -0.4 is 23.7 Å². The Kier molecular flexibility index (Phi) is 9.92. The van der Waals surface area contributed by atoms with E-state index in [9.17, 15) is 8.42 Å². The third-order valence-corrected chi connectivity index (χ3v) is 7.21. The molecule has 45 heavy (non-hydrogen) atoms. The maximum Gasteiger partial charge on any atom is 0.317 e. The van der Waals surface area contributed by atoms with Gasteiger partial charge in [0.1, 0.15) is 0 Å². The average Bonchev–Trinajstić information content (AvgIpc) is 3.05. The van der Waals surface area contributed by atoms with Gasteiger partial charge in [0.15, 0.2) is 41.4 Å². The van der Waals surface area contributed by atoms with Crippen LogP contribution in [0.25, 0.3) is 11.6 Å². The van der Waals surface area contributed by atoms with Gasteiger partial charge in [0.05, 0.1) is 11.6 Å². The molecule has 0 aliphatic rings. The van der Waals surface area contributed by atoms with Gasteiger partial charge < -0.3 is 18.9 Å². The molecule has 228 valence electrons. The van der Waals surface area contributed by atoms with Crippen molar-refractivity contribution in [2.24, 2.45) is 0 Å². The maximum absolute atomic E-state index is 13.4. The number of pyridine rings is 1. The number of halogens is 1. The predicted molar refractivity (Wildman–Crippen MR) is 164 cm³/mol. The number of anilines is 1. The lowest BCUT2D eigenvalue weighted by Crippen LogP contribution is -2.17. The number of sulfonamides is 1. The summed E-state index contributed by atoms with van der Waals surface area (Å²) in [4.78, 5) is 29.3. The third kappa shape index (κ3) is 8.16. The van der Waals surface area contributed by atoms with Crippen LogP contribution in [0.3, 0.4) is 0 Å². The van der Waals surface area contributed by atoms with Crippen LogP contribution in [0.5, 0.6) is 29.1 Å². The van der Waals surface area contributed by atoms with Gasteiger partial charge in [0.25, 0.3) is 15.9 Å². The molecule has 5 rings (SSSR count). The molecule has 0 fully saturated rings. The van der Waals surface area contributed by atoms with Crippen LogP contribution in [0.2, 0.25) is 0 Å². The second-order valence-corrected chi connectivity index (χ2v) is 11.3. The number of aryl methyl sites for hydroxylation is 1. The number of nitrogens with zero attached hydrogens (tertiary/aromatic N) is 7. The molecule has 4 aromatic heterocycles. The Morgan fingerprint density at radius 3 is 2.22 bits per heavy atom. The highest BCUT2D eigenvalue weighted by atomic mass is 79.9. The highest BCUT2D eigenvalue weighted by Crippen LogP contribution is 2.41. The van der Waals surface area contributed by atoms with Gasteiger partial charge >= 0.3 is 6.01 Å². The van der Waals surface area contributed by atoms with Gasteiger partial charge in [-0.15, -0.1) is 0 Å². The van der Waals surface area contributed by atoms with E-state index in [0.717, 1.165) is 5.56 Å². The van der Waals surface area contributed by atoms with E-state index in [1.54, 1.807) is 55.7 Å². The molecule has 0 aliphatic carbocycles. The fourth-order valence-corrected chi connectivity index (χ4v) is 4.63. The van der Waals surface area contributed by atoms with Crippen molar-refractivity contribution in [1.82, 2.24) is 34.9 Å². The minimum Gasteiger partial charge on any atom is -0.493 e. The van der Waals surface area contributed by atoms with Crippen molar-refractivity contribution >= 4 is 31.8 Å². The van der Waals surface area contributed by atoms with Crippen molar-refractivity contribution < 1.29 is 27.4 Å². The van der Waals surface area contributed by atoms with E-state index in [2.05, 4.69) is 67.4 Å². The molecule has 0 atom stereocenters. The van der Waals surface area contributed by atoms with Crippen molar-refractivity contribution in [3.63, 3.8) is 0 Å². The Bertz CT molecular complexity index is 1940. The number of hydrogen-bond donors (Lipinski definition) is 1. The molecular formula is C29H23BrN8O6S. The summed E-state index contributed by atoms with van der Waals surface area (Å²) in [6, 6.07) is 11.5. The van der Waals surface area contributed by atoms with Gasteiger partial charge in [-0.05, 0) is 52.7 Å². The van der Waals surface area contributed by atoms with E-state index in [1.165, 1.54) is 31.8 Å². The summed E-state index contributed by atoms with van der Waals surface area (Å²) in [5.74, 6) is 5.67. The van der Waals surface area contributed by atoms with Crippen LogP contribution >= 0.6 is 15.9 Å². The summed E-state index contributed by atoms with van der Waals surface area (Å²) in [7, 11) is -2.79. The van der Waals surface area contributed by atoms with Gasteiger partial charge in [-0.3, -0.25) is 4.72 Å². The van der Waals surface area contributed by atoms with Gasteiger partial charge in [-0.25, -0.2) is 29.9 Å². The summed E-state index contributed by atoms with van der Waals surface area (Å²) in [5, 5.41) is -0.240. The van der Waals surface area contributed by atoms with Crippen LogP contribution in [0.4, 0.5) is 5.82 Å². The molecule has 0 saturated heterocycles. The maximum atomic E-state index is 13.4. The summed E-state index contributed by atoms with van der Waals surface area (Å²) in [6.45, 7) is 1.58. The predicted octanol–water partition coefficient (Wildman–Crippen LogP) is 4.25. The molecule has 0 unspecified atom stereocenters. The molecule has 4 heterocycles. The molecule has 0 aliphatic heterocycles. The van der Waals surface area contributed by atoms with Crippen LogP contribution in [0.1, 0.15) is 5.56 Å². The molecule has 14 nitrogen and oxygen atoms in total. The average molecular weight is 692 g/mol. The van der Waals surface area contributed by atoms with Crippen molar-refractivity contribution in [1.29, 1.82) is 0 Å². The first-order valence-electron chi connectivity index (χ1n) is 13.0. The zero-order valence-electron chi connectivity index (χ0n) is 23.7. The molecule has 0 amide bonds. The number of nitrogens with one attached hydrogen (secondary N) is 1. The second-order valence-electron chi connectivity index (χ2n) is 8.75. The molecule has 0 radical (unpaired) electrons. The normalized spacial score (nSPS) is 10.7. The zero-order chi connectivity index (χ0) is 31.6. The van der Waals surface area contributed by atoms with Gasteiger partial charge in [0, 0.05) is 31.0 Å². The number of hydrogen-bond acceptors (Lipinski definition) is 13. The number of aromatic nitrogens is 7. The zero-order valence-corrected chi connectivity index (χ0v) is 26.1.